The van der Waals surface area contributed by atoms with E-state index in [0.717, 1.165) is 39.6 Å². The number of fused-ring (bicyclic) bond motifs is 3. The Balaban J connectivity index is 0.000000244. The molecule has 0 saturated carbocycles. The van der Waals surface area contributed by atoms with Crippen molar-refractivity contribution in [2.24, 2.45) is 11.3 Å². The second-order valence-corrected chi connectivity index (χ2v) is 26.6. The molecule has 1 atom stereocenters. The summed E-state index contributed by atoms with van der Waals surface area (Å²) >= 11 is -1.86. The largest absolute Gasteiger partial charge is 0.500 e. The van der Waals surface area contributed by atoms with Crippen LogP contribution in [0.4, 0.5) is 0 Å². The van der Waals surface area contributed by atoms with Crippen LogP contribution in [0.25, 0.3) is 44.5 Å². The topological polar surface area (TPSA) is 38.9 Å². The van der Waals surface area contributed by atoms with Crippen LogP contribution in [-0.2, 0) is 32.9 Å². The fourth-order valence-corrected chi connectivity index (χ4v) is 9.99. The minimum Gasteiger partial charge on any atom is -0.500 e. The van der Waals surface area contributed by atoms with Crippen molar-refractivity contribution in [3.8, 4) is 22.5 Å². The molecule has 3 nitrogen and oxygen atoms in total. The van der Waals surface area contributed by atoms with Crippen molar-refractivity contribution in [2.45, 2.75) is 77.5 Å². The van der Waals surface area contributed by atoms with Crippen molar-refractivity contribution >= 4 is 39.6 Å². The van der Waals surface area contributed by atoms with Crippen molar-refractivity contribution in [3.63, 3.8) is 0 Å². The van der Waals surface area contributed by atoms with E-state index in [2.05, 4.69) is 66.6 Å². The predicted octanol–water partition coefficient (Wildman–Crippen LogP) is 12.5. The summed E-state index contributed by atoms with van der Waals surface area (Å²) < 4.78 is 34.6. The Labute approximate surface area is 337 Å². The van der Waals surface area contributed by atoms with Gasteiger partial charge in [0.05, 0.1) is 5.58 Å². The van der Waals surface area contributed by atoms with Gasteiger partial charge < -0.3 is 9.40 Å². The molecule has 5 heteroatoms. The van der Waals surface area contributed by atoms with Gasteiger partial charge in [0.2, 0.25) is 0 Å². The Kier molecular flexibility index (Phi) is 11.7. The monoisotopic (exact) mass is 942 g/mol. The smallest absolute Gasteiger partial charge is 0.124 e. The average Bonchev–Trinajstić information content (AvgIpc) is 3.54. The first kappa shape index (κ1) is 36.2. The number of aromatic nitrogens is 2. The van der Waals surface area contributed by atoms with Gasteiger partial charge in [-0.25, -0.2) is 0 Å². The Hall–Kier alpha value is -3.83. The van der Waals surface area contributed by atoms with Crippen LogP contribution < -0.4 is 4.40 Å². The maximum atomic E-state index is 9.22. The van der Waals surface area contributed by atoms with Crippen LogP contribution in [0.3, 0.4) is 0 Å². The molecule has 0 aliphatic carbocycles. The van der Waals surface area contributed by atoms with Crippen molar-refractivity contribution in [3.05, 3.63) is 150 Å². The van der Waals surface area contributed by atoms with E-state index < -0.39 is 30.9 Å². The van der Waals surface area contributed by atoms with Gasteiger partial charge in [0.25, 0.3) is 0 Å². The maximum Gasteiger partial charge on any atom is 0.124 e. The molecule has 0 fully saturated rings. The zero-order valence-electron chi connectivity index (χ0n) is 35.4. The molecule has 7 rings (SSSR count). The molecule has 53 heavy (non-hydrogen) atoms. The molecule has 0 amide bonds. The molecule has 7 aromatic rings. The van der Waals surface area contributed by atoms with E-state index in [-0.39, 0.29) is 20.1 Å². The second kappa shape index (κ2) is 17.1. The quantitative estimate of drug-likeness (QED) is 0.113. The third-order valence-corrected chi connectivity index (χ3v) is 13.4. The summed E-state index contributed by atoms with van der Waals surface area (Å²) in [7, 11) is 0. The normalized spacial score (nSPS) is 14.0. The Bertz CT molecular complexity index is 2410. The minimum absolute atomic E-state index is 0. The zero-order valence-corrected chi connectivity index (χ0v) is 36.9. The van der Waals surface area contributed by atoms with Crippen LogP contribution in [-0.4, -0.2) is 23.2 Å². The van der Waals surface area contributed by atoms with Gasteiger partial charge >= 0.3 is 126 Å². The summed E-state index contributed by atoms with van der Waals surface area (Å²) in [5.41, 5.74) is 7.90. The number of hydrogen-bond donors (Lipinski definition) is 0. The molecule has 0 spiro atoms. The summed E-state index contributed by atoms with van der Waals surface area (Å²) in [5, 5.41) is 1.86. The number of pyridine rings is 2. The molecule has 0 bridgehead atoms. The Morgan fingerprint density at radius 3 is 2.21 bits per heavy atom. The van der Waals surface area contributed by atoms with E-state index in [1.807, 2.05) is 107 Å². The fraction of sp³-hybridized carbons (Fsp3) is 0.292. The summed E-state index contributed by atoms with van der Waals surface area (Å²) in [6.45, 7) is 12.1. The molecule has 4 aromatic carbocycles. The van der Waals surface area contributed by atoms with Gasteiger partial charge in [-0.3, -0.25) is 0 Å². The van der Waals surface area contributed by atoms with Gasteiger partial charge in [-0.05, 0) is 29.1 Å². The molecule has 275 valence electrons. The molecular formula is C48H52GeIrN2O-2. The van der Waals surface area contributed by atoms with Gasteiger partial charge in [0.1, 0.15) is 5.58 Å². The van der Waals surface area contributed by atoms with E-state index in [1.54, 1.807) is 22.7 Å². The van der Waals surface area contributed by atoms with Crippen LogP contribution in [0.2, 0.25) is 17.3 Å². The van der Waals surface area contributed by atoms with Crippen LogP contribution >= 0.6 is 0 Å². The first-order valence-electron chi connectivity index (χ1n) is 19.7. The summed E-state index contributed by atoms with van der Waals surface area (Å²) in [6, 6.07) is 40.0. The van der Waals surface area contributed by atoms with Gasteiger partial charge in [-0.15, -0.1) is 18.2 Å². The second-order valence-electron chi connectivity index (χ2n) is 16.0. The number of hydrogen-bond acceptors (Lipinski definition) is 3. The minimum atomic E-state index is -1.86. The van der Waals surface area contributed by atoms with Crippen molar-refractivity contribution < 1.29 is 28.6 Å². The van der Waals surface area contributed by atoms with Crippen LogP contribution in [0.5, 0.6) is 0 Å². The molecule has 1 radical (unpaired) electrons. The maximum absolute atomic E-state index is 9.22. The van der Waals surface area contributed by atoms with E-state index in [0.29, 0.717) is 33.9 Å². The summed E-state index contributed by atoms with van der Waals surface area (Å²) in [4.78, 5) is 9.25. The van der Waals surface area contributed by atoms with Crippen molar-refractivity contribution in [1.29, 1.82) is 0 Å². The van der Waals surface area contributed by atoms with Gasteiger partial charge in [-0.1, -0.05) is 98.8 Å². The third kappa shape index (κ3) is 9.84. The van der Waals surface area contributed by atoms with E-state index in [4.69, 9.17) is 12.1 Å². The molecule has 0 aliphatic rings. The van der Waals surface area contributed by atoms with E-state index >= 15 is 0 Å². The van der Waals surface area contributed by atoms with Gasteiger partial charge in [0.15, 0.2) is 0 Å². The third-order valence-electron chi connectivity index (χ3n) is 9.02. The van der Waals surface area contributed by atoms with Crippen LogP contribution in [0.15, 0.2) is 120 Å². The van der Waals surface area contributed by atoms with Gasteiger partial charge in [-0.2, -0.15) is 0 Å². The Morgan fingerprint density at radius 2 is 1.53 bits per heavy atom. The molecule has 0 saturated heterocycles. The zero-order chi connectivity index (χ0) is 39.8. The van der Waals surface area contributed by atoms with Crippen LogP contribution in [0.1, 0.15) is 73.8 Å². The SMILES string of the molecule is CC(C)Cc1cc(-c2[c-]cccc2)nc[c]1[Ge]([CH3])([CH3])[CH3].[2H]C(C)(c1ccccc1)c1cccc2c1oc1c(-c3cc(C([2H])([2H])C(C)(C)C)ccn3)[c-]ccc12.[Ir]. The Morgan fingerprint density at radius 1 is 0.792 bits per heavy atom. The number of furan rings is 1. The van der Waals surface area contributed by atoms with E-state index in [1.165, 1.54) is 5.56 Å². The molecule has 3 heterocycles. The summed E-state index contributed by atoms with van der Waals surface area (Å²) in [6.07, 6.45) is 3.38. The standard InChI is InChI=1S/C30H28NO.C18H24GeN.Ir/c1-20(22-10-6-5-7-11-22)23-12-8-13-24-25-14-9-15-26(29(25)32-28(23)24)27-18-21(16-17-31-27)19-30(2,3)4;1-14(2)11-16-12-18(15-9-7-6-8-10-15)20-13-17(16)19(3,4)5;/h5-14,16-18,20H,19H2,1-4H3;6-9,12-14H,11H2,1-5H3;/q2*-1;/i19D2,20D;;. The molecule has 1 unspecified atom stereocenters. The molecular weight excluding hydrogens is 885 g/mol. The van der Waals surface area contributed by atoms with Crippen molar-refractivity contribution in [1.82, 2.24) is 9.97 Å². The number of para-hydroxylation sites is 1. The summed E-state index contributed by atoms with van der Waals surface area (Å²) in [5.74, 6) is 6.99. The van der Waals surface area contributed by atoms with Gasteiger partial charge in [0, 0.05) is 47.3 Å². The predicted molar refractivity (Wildman–Crippen MR) is 223 cm³/mol. The number of rotatable bonds is 8. The average molecular weight is 941 g/mol. The van der Waals surface area contributed by atoms with E-state index in [9.17, 15) is 1.37 Å². The molecule has 3 aromatic heterocycles. The first-order chi connectivity index (χ1) is 25.9. The first-order valence-corrected chi connectivity index (χ1v) is 25.6. The molecule has 0 N–H and O–H groups in total. The molecule has 0 aliphatic heterocycles. The number of nitrogens with zero attached hydrogens (tertiary/aromatic N) is 2. The van der Waals surface area contributed by atoms with Crippen LogP contribution in [0, 0.1) is 23.5 Å². The van der Waals surface area contributed by atoms with Crippen molar-refractivity contribution in [2.75, 3.05) is 0 Å². The number of benzene rings is 4. The fourth-order valence-electron chi connectivity index (χ4n) is 6.65.